The van der Waals surface area contributed by atoms with Crippen LogP contribution in [-0.4, -0.2) is 35.0 Å². The Balaban J connectivity index is 0.00000243. The molecular weight excluding hydrogens is 417 g/mol. The summed E-state index contributed by atoms with van der Waals surface area (Å²) in [5.74, 6) is 0.157. The molecule has 1 aromatic heterocycles. The second-order valence-electron chi connectivity index (χ2n) is 6.11. The molecule has 0 bridgehead atoms. The number of halogens is 3. The summed E-state index contributed by atoms with van der Waals surface area (Å²) in [5, 5.41) is 4.31. The Hall–Kier alpha value is -1.05. The lowest BCUT2D eigenvalue weighted by molar-refractivity contribution is -0.118. The van der Waals surface area contributed by atoms with Crippen molar-refractivity contribution in [3.05, 3.63) is 38.8 Å². The minimum absolute atomic E-state index is 0. The molecule has 1 aromatic carbocycles. The first-order valence-electron chi connectivity index (χ1n) is 8.02. The van der Waals surface area contributed by atoms with E-state index in [4.69, 9.17) is 27.9 Å². The minimum Gasteiger partial charge on any atom is -0.482 e. The van der Waals surface area contributed by atoms with Crippen LogP contribution in [0.5, 0.6) is 5.75 Å². The number of hydrogen-bond acceptors (Lipinski definition) is 5. The number of fused-ring (bicyclic) bond motifs is 1. The highest BCUT2D eigenvalue weighted by Crippen LogP contribution is 2.30. The van der Waals surface area contributed by atoms with E-state index in [9.17, 15) is 4.79 Å². The van der Waals surface area contributed by atoms with Crippen molar-refractivity contribution in [2.45, 2.75) is 32.9 Å². The molecule has 5 nitrogen and oxygen atoms in total. The molecule has 2 aromatic rings. The Bertz CT molecular complexity index is 783. The predicted octanol–water partition coefficient (Wildman–Crippen LogP) is 4.66. The Morgan fingerprint density at radius 3 is 2.88 bits per heavy atom. The van der Waals surface area contributed by atoms with Crippen molar-refractivity contribution >= 4 is 58.0 Å². The number of aromatic nitrogens is 1. The minimum atomic E-state index is -0.266. The number of amides is 1. The molecule has 0 aliphatic carbocycles. The van der Waals surface area contributed by atoms with Crippen molar-refractivity contribution in [1.29, 1.82) is 0 Å². The molecule has 0 radical (unpaired) electrons. The zero-order chi connectivity index (χ0) is 18.0. The van der Waals surface area contributed by atoms with Crippen LogP contribution in [0.4, 0.5) is 5.13 Å². The van der Waals surface area contributed by atoms with Gasteiger partial charge < -0.3 is 4.74 Å². The lowest BCUT2D eigenvalue weighted by Crippen LogP contribution is -2.35. The van der Waals surface area contributed by atoms with Crippen LogP contribution in [0.3, 0.4) is 0 Å². The maximum absolute atomic E-state index is 12.1. The van der Waals surface area contributed by atoms with Gasteiger partial charge in [-0.15, -0.1) is 23.7 Å². The maximum atomic E-state index is 12.1. The average Bonchev–Trinajstić information content (AvgIpc) is 2.95. The van der Waals surface area contributed by atoms with Gasteiger partial charge in [0.2, 0.25) is 0 Å². The molecule has 0 fully saturated rings. The van der Waals surface area contributed by atoms with Gasteiger partial charge >= 0.3 is 0 Å². The summed E-state index contributed by atoms with van der Waals surface area (Å²) in [6, 6.07) is 5.38. The van der Waals surface area contributed by atoms with Crippen molar-refractivity contribution in [2.24, 2.45) is 0 Å². The Morgan fingerprint density at radius 1 is 1.42 bits per heavy atom. The highest BCUT2D eigenvalue weighted by molar-refractivity contribution is 7.15. The number of nitrogens with one attached hydrogen (secondary N) is 1. The SMILES string of the molecule is CC(C)N1CCc2nc(NC(=O)COc3ccc(Cl)cc3Cl)sc2C1.Cl. The highest BCUT2D eigenvalue weighted by Gasteiger charge is 2.22. The summed E-state index contributed by atoms with van der Waals surface area (Å²) < 4.78 is 5.44. The third-order valence-electron chi connectivity index (χ3n) is 3.99. The monoisotopic (exact) mass is 435 g/mol. The van der Waals surface area contributed by atoms with Crippen molar-refractivity contribution in [3.63, 3.8) is 0 Å². The van der Waals surface area contributed by atoms with Gasteiger partial charge in [-0.3, -0.25) is 15.0 Å². The van der Waals surface area contributed by atoms with Crippen LogP contribution in [0.2, 0.25) is 10.0 Å². The molecule has 2 heterocycles. The molecule has 1 amide bonds. The van der Waals surface area contributed by atoms with Crippen molar-refractivity contribution in [3.8, 4) is 5.75 Å². The molecule has 1 N–H and O–H groups in total. The number of carbonyl (C=O) groups is 1. The van der Waals surface area contributed by atoms with Crippen LogP contribution in [0.15, 0.2) is 18.2 Å². The summed E-state index contributed by atoms with van der Waals surface area (Å²) in [7, 11) is 0. The van der Waals surface area contributed by atoms with Gasteiger partial charge in [-0.05, 0) is 32.0 Å². The molecule has 26 heavy (non-hydrogen) atoms. The molecule has 0 atom stereocenters. The maximum Gasteiger partial charge on any atom is 0.264 e. The fraction of sp³-hybridized carbons (Fsp3) is 0.412. The van der Waals surface area contributed by atoms with E-state index in [2.05, 4.69) is 29.0 Å². The van der Waals surface area contributed by atoms with E-state index in [1.165, 1.54) is 16.2 Å². The first kappa shape index (κ1) is 21.3. The van der Waals surface area contributed by atoms with Gasteiger partial charge in [-0.2, -0.15) is 0 Å². The molecule has 0 spiro atoms. The summed E-state index contributed by atoms with van der Waals surface area (Å²) >= 11 is 13.4. The first-order chi connectivity index (χ1) is 11.9. The van der Waals surface area contributed by atoms with Gasteiger partial charge in [-0.1, -0.05) is 23.2 Å². The number of thiazole rings is 1. The number of ether oxygens (including phenoxy) is 1. The van der Waals surface area contributed by atoms with E-state index >= 15 is 0 Å². The smallest absolute Gasteiger partial charge is 0.264 e. The fourth-order valence-electron chi connectivity index (χ4n) is 2.60. The number of anilines is 1. The van der Waals surface area contributed by atoms with Gasteiger partial charge in [-0.25, -0.2) is 4.98 Å². The summed E-state index contributed by atoms with van der Waals surface area (Å²) in [5.41, 5.74) is 1.08. The number of nitrogens with zero attached hydrogens (tertiary/aromatic N) is 2. The van der Waals surface area contributed by atoms with Crippen LogP contribution in [0, 0.1) is 0 Å². The summed E-state index contributed by atoms with van der Waals surface area (Å²) in [6.45, 7) is 6.13. The topological polar surface area (TPSA) is 54.5 Å². The van der Waals surface area contributed by atoms with Gasteiger partial charge in [0.15, 0.2) is 11.7 Å². The third-order valence-corrected chi connectivity index (χ3v) is 5.52. The lowest BCUT2D eigenvalue weighted by Gasteiger charge is -2.29. The number of hydrogen-bond donors (Lipinski definition) is 1. The van der Waals surface area contributed by atoms with Crippen LogP contribution >= 0.6 is 46.9 Å². The van der Waals surface area contributed by atoms with E-state index in [1.54, 1.807) is 18.2 Å². The molecule has 0 unspecified atom stereocenters. The zero-order valence-electron chi connectivity index (χ0n) is 14.4. The average molecular weight is 437 g/mol. The van der Waals surface area contributed by atoms with Crippen LogP contribution < -0.4 is 10.1 Å². The number of carbonyl (C=O) groups excluding carboxylic acids is 1. The molecule has 9 heteroatoms. The van der Waals surface area contributed by atoms with Gasteiger partial charge in [0.25, 0.3) is 5.91 Å². The van der Waals surface area contributed by atoms with Crippen molar-refractivity contribution in [2.75, 3.05) is 18.5 Å². The fourth-order valence-corrected chi connectivity index (χ4v) is 4.11. The van der Waals surface area contributed by atoms with E-state index in [0.717, 1.165) is 25.2 Å². The lowest BCUT2D eigenvalue weighted by atomic mass is 10.1. The molecular formula is C17H20Cl3N3O2S. The van der Waals surface area contributed by atoms with Gasteiger partial charge in [0.05, 0.1) is 10.7 Å². The van der Waals surface area contributed by atoms with E-state index in [0.29, 0.717) is 27.0 Å². The van der Waals surface area contributed by atoms with Crippen LogP contribution in [0.1, 0.15) is 24.4 Å². The predicted molar refractivity (Wildman–Crippen MR) is 109 cm³/mol. The Morgan fingerprint density at radius 2 is 2.19 bits per heavy atom. The number of benzene rings is 1. The second-order valence-corrected chi connectivity index (χ2v) is 8.04. The zero-order valence-corrected chi connectivity index (χ0v) is 17.6. The quantitative estimate of drug-likeness (QED) is 0.741. The van der Waals surface area contributed by atoms with Crippen LogP contribution in [0.25, 0.3) is 0 Å². The highest BCUT2D eigenvalue weighted by atomic mass is 35.5. The molecule has 0 saturated carbocycles. The van der Waals surface area contributed by atoms with Crippen molar-refractivity contribution in [1.82, 2.24) is 9.88 Å². The van der Waals surface area contributed by atoms with E-state index < -0.39 is 0 Å². The Labute approximate surface area is 173 Å². The first-order valence-corrected chi connectivity index (χ1v) is 9.60. The van der Waals surface area contributed by atoms with Gasteiger partial charge in [0.1, 0.15) is 5.75 Å². The van der Waals surface area contributed by atoms with E-state index in [1.807, 2.05) is 0 Å². The third kappa shape index (κ3) is 5.24. The molecule has 0 saturated heterocycles. The summed E-state index contributed by atoms with van der Waals surface area (Å²) in [6.07, 6.45) is 0.913. The molecule has 142 valence electrons. The number of rotatable bonds is 5. The van der Waals surface area contributed by atoms with E-state index in [-0.39, 0.29) is 24.9 Å². The largest absolute Gasteiger partial charge is 0.482 e. The Kier molecular flexibility index (Phi) is 7.55. The summed E-state index contributed by atoms with van der Waals surface area (Å²) in [4.78, 5) is 20.2. The second kappa shape index (κ2) is 9.24. The molecule has 3 rings (SSSR count). The standard InChI is InChI=1S/C17H19Cl2N3O2S.ClH/c1-10(2)22-6-5-13-15(8-22)25-17(20-13)21-16(23)9-24-14-4-3-11(18)7-12(14)19;/h3-4,7,10H,5-6,8-9H2,1-2H3,(H,20,21,23);1H. The normalized spacial score (nSPS) is 13.9. The van der Waals surface area contributed by atoms with Crippen molar-refractivity contribution < 1.29 is 9.53 Å². The molecule has 1 aliphatic heterocycles. The molecule has 1 aliphatic rings. The van der Waals surface area contributed by atoms with Crippen LogP contribution in [-0.2, 0) is 17.8 Å². The van der Waals surface area contributed by atoms with Gasteiger partial charge in [0, 0.05) is 35.5 Å².